The van der Waals surface area contributed by atoms with E-state index in [9.17, 15) is 59.4 Å². The second-order valence-electron chi connectivity index (χ2n) is 4.83. The SMILES string of the molecule is O=C([O-])CC(O)(CC(=O)[O-])C(=O)[O-].O=C([O-])CC(O)(CC(=O)[O-])C(=O)[O-].[Bi+3].[Ru+3]. The summed E-state index contributed by atoms with van der Waals surface area (Å²) in [6, 6.07) is 0. The van der Waals surface area contributed by atoms with E-state index in [1.165, 1.54) is 0 Å². The maximum atomic E-state index is 10.1. The molecule has 0 unspecified atom stereocenters. The zero-order valence-electron chi connectivity index (χ0n) is 13.4. The molecule has 0 aliphatic carbocycles. The minimum atomic E-state index is -2.97. The van der Waals surface area contributed by atoms with Crippen molar-refractivity contribution >= 4 is 62.0 Å². The van der Waals surface area contributed by atoms with Crippen LogP contribution in [0.4, 0.5) is 0 Å². The largest absolute Gasteiger partial charge is 3.00 e. The summed E-state index contributed by atoms with van der Waals surface area (Å²) < 4.78 is 0. The number of aliphatic hydroxyl groups is 2. The molecule has 0 heterocycles. The molecule has 0 atom stereocenters. The third kappa shape index (κ3) is 14.3. The maximum Gasteiger partial charge on any atom is 3.00 e. The zero-order chi connectivity index (χ0) is 21.3. The van der Waals surface area contributed by atoms with Crippen molar-refractivity contribution in [2.45, 2.75) is 36.9 Å². The van der Waals surface area contributed by atoms with E-state index in [4.69, 9.17) is 10.2 Å². The molecule has 2 N–H and O–H groups in total. The van der Waals surface area contributed by atoms with Crippen molar-refractivity contribution in [2.24, 2.45) is 0 Å². The van der Waals surface area contributed by atoms with Gasteiger partial charge >= 0.3 is 45.7 Å². The Kier molecular flexibility index (Phi) is 17.2. The monoisotopic (exact) mass is 689 g/mol. The molecule has 0 aromatic carbocycles. The van der Waals surface area contributed by atoms with Gasteiger partial charge in [0.25, 0.3) is 0 Å². The summed E-state index contributed by atoms with van der Waals surface area (Å²) in [5, 5.41) is 77.9. The molecule has 14 nitrogen and oxygen atoms in total. The van der Waals surface area contributed by atoms with E-state index < -0.39 is 72.7 Å². The molecule has 0 aromatic rings. The maximum absolute atomic E-state index is 10.1. The van der Waals surface area contributed by atoms with Gasteiger partial charge in [-0.2, -0.15) is 0 Å². The van der Waals surface area contributed by atoms with Crippen molar-refractivity contribution < 1.29 is 89.1 Å². The van der Waals surface area contributed by atoms with Crippen LogP contribution in [-0.4, -0.2) is 83.4 Å². The first-order valence-electron chi connectivity index (χ1n) is 6.23. The topological polar surface area (TPSA) is 281 Å². The van der Waals surface area contributed by atoms with Crippen LogP contribution < -0.4 is 30.6 Å². The Hall–Kier alpha value is -1.75. The predicted octanol–water partition coefficient (Wildman–Crippen LogP) is -10.9. The van der Waals surface area contributed by atoms with Crippen molar-refractivity contribution in [1.29, 1.82) is 0 Å². The van der Waals surface area contributed by atoms with Crippen LogP contribution in [-0.2, 0) is 48.2 Å². The third-order valence-electron chi connectivity index (χ3n) is 2.51. The van der Waals surface area contributed by atoms with E-state index in [-0.39, 0.29) is 45.7 Å². The van der Waals surface area contributed by atoms with Gasteiger partial charge in [0.05, 0.1) is 11.9 Å². The van der Waals surface area contributed by atoms with Crippen LogP contribution in [0.2, 0.25) is 0 Å². The quantitative estimate of drug-likeness (QED) is 0.202. The summed E-state index contributed by atoms with van der Waals surface area (Å²) in [7, 11) is 0. The van der Waals surface area contributed by atoms with Crippen LogP contribution in [0.5, 0.6) is 0 Å². The average Bonchev–Trinajstić information content (AvgIpc) is 2.34. The molecule has 0 aliphatic rings. The molecule has 0 fully saturated rings. The minimum absolute atomic E-state index is 0. The fourth-order valence-corrected chi connectivity index (χ4v) is 1.37. The molecule has 0 saturated carbocycles. The van der Waals surface area contributed by atoms with Crippen LogP contribution in [0.15, 0.2) is 0 Å². The molecule has 28 heavy (non-hydrogen) atoms. The van der Waals surface area contributed by atoms with Crippen molar-refractivity contribution in [3.05, 3.63) is 0 Å². The van der Waals surface area contributed by atoms with Crippen LogP contribution >= 0.6 is 0 Å². The van der Waals surface area contributed by atoms with Gasteiger partial charge in [-0.05, 0) is 0 Å². The molecule has 155 valence electrons. The summed E-state index contributed by atoms with van der Waals surface area (Å²) in [6.07, 6.45) is -5.43. The van der Waals surface area contributed by atoms with Crippen molar-refractivity contribution in [2.75, 3.05) is 0 Å². The Morgan fingerprint density at radius 2 is 0.679 bits per heavy atom. The van der Waals surface area contributed by atoms with E-state index in [1.807, 2.05) is 0 Å². The minimum Gasteiger partial charge on any atom is -0.550 e. The molecule has 0 rings (SSSR count). The molecule has 0 saturated heterocycles. The second-order valence-corrected chi connectivity index (χ2v) is 4.83. The van der Waals surface area contributed by atoms with Crippen molar-refractivity contribution in [1.82, 2.24) is 0 Å². The fraction of sp³-hybridized carbons (Fsp3) is 0.500. The first-order valence-corrected chi connectivity index (χ1v) is 6.23. The molecule has 0 bridgehead atoms. The first-order chi connectivity index (χ1) is 11.6. The van der Waals surface area contributed by atoms with Gasteiger partial charge in [-0.3, -0.25) is 0 Å². The summed E-state index contributed by atoms with van der Waals surface area (Å²) >= 11 is 0. The van der Waals surface area contributed by atoms with Crippen LogP contribution in [0.3, 0.4) is 0 Å². The number of rotatable bonds is 10. The summed E-state index contributed by atoms with van der Waals surface area (Å²) in [5.41, 5.74) is -5.95. The van der Waals surface area contributed by atoms with Gasteiger partial charge < -0.3 is 69.6 Å². The number of hydrogen-bond donors (Lipinski definition) is 2. The third-order valence-corrected chi connectivity index (χ3v) is 2.51. The van der Waals surface area contributed by atoms with E-state index >= 15 is 0 Å². The van der Waals surface area contributed by atoms with E-state index in [2.05, 4.69) is 0 Å². The Bertz CT molecular complexity index is 519. The second kappa shape index (κ2) is 14.3. The average molecular weight is 688 g/mol. The Morgan fingerprint density at radius 3 is 0.750 bits per heavy atom. The van der Waals surface area contributed by atoms with Crippen LogP contribution in [0.25, 0.3) is 0 Å². The summed E-state index contributed by atoms with van der Waals surface area (Å²) in [5.74, 6) is -12.0. The summed E-state index contributed by atoms with van der Waals surface area (Å²) in [6.45, 7) is 0. The molecule has 3 radical (unpaired) electrons. The fourth-order valence-electron chi connectivity index (χ4n) is 1.37. The van der Waals surface area contributed by atoms with E-state index in [1.54, 1.807) is 0 Å². The molecule has 0 aromatic heterocycles. The van der Waals surface area contributed by atoms with Crippen molar-refractivity contribution in [3.8, 4) is 0 Å². The van der Waals surface area contributed by atoms with Crippen molar-refractivity contribution in [3.63, 3.8) is 0 Å². The standard InChI is InChI=1S/2C6H8O7.Bi.Ru/c2*7-3(8)1-6(13,5(11)12)2-4(9)10;;/h2*13H,1-2H2,(H,7,8)(H,9,10)(H,11,12);;/q;;2*+3/p-6. The number of carboxylic acid groups (broad SMARTS) is 6. The van der Waals surface area contributed by atoms with E-state index in [0.29, 0.717) is 0 Å². The number of carbonyl (C=O) groups is 6. The smallest absolute Gasteiger partial charge is 0.550 e. The Labute approximate surface area is 187 Å². The Morgan fingerprint density at radius 1 is 0.536 bits per heavy atom. The zero-order valence-corrected chi connectivity index (χ0v) is 18.6. The molecule has 0 aliphatic heterocycles. The molecular formula is C12H10BiO14Ru. The number of hydrogen-bond acceptors (Lipinski definition) is 14. The van der Waals surface area contributed by atoms with Crippen LogP contribution in [0.1, 0.15) is 25.7 Å². The number of aliphatic carboxylic acids is 6. The van der Waals surface area contributed by atoms with Gasteiger partial charge in [0.15, 0.2) is 0 Å². The number of carbonyl (C=O) groups excluding carboxylic acids is 6. The van der Waals surface area contributed by atoms with Gasteiger partial charge in [0.1, 0.15) is 11.2 Å². The summed E-state index contributed by atoms with van der Waals surface area (Å²) in [4.78, 5) is 60.0. The van der Waals surface area contributed by atoms with Gasteiger partial charge in [0, 0.05) is 49.6 Å². The van der Waals surface area contributed by atoms with Gasteiger partial charge in [-0.1, -0.05) is 0 Å². The number of carboxylic acids is 6. The van der Waals surface area contributed by atoms with Gasteiger partial charge in [0.2, 0.25) is 0 Å². The van der Waals surface area contributed by atoms with E-state index in [0.717, 1.165) is 0 Å². The molecule has 0 spiro atoms. The first kappa shape index (κ1) is 33.8. The van der Waals surface area contributed by atoms with Gasteiger partial charge in [-0.25, -0.2) is 0 Å². The predicted molar refractivity (Wildman–Crippen MR) is 64.2 cm³/mol. The molecular weight excluding hydrogens is 678 g/mol. The molecule has 16 heteroatoms. The normalized spacial score (nSPS) is 10.1. The van der Waals surface area contributed by atoms with Gasteiger partial charge in [-0.15, -0.1) is 0 Å². The van der Waals surface area contributed by atoms with Crippen LogP contribution in [0, 0.1) is 0 Å². The molecule has 0 amide bonds. The Balaban J connectivity index is -0.000000192.